The second-order valence-corrected chi connectivity index (χ2v) is 5.85. The van der Waals surface area contributed by atoms with E-state index >= 15 is 0 Å². The van der Waals surface area contributed by atoms with Crippen molar-refractivity contribution in [2.75, 3.05) is 5.32 Å². The Labute approximate surface area is 129 Å². The molecule has 2 heterocycles. The number of urea groups is 1. The van der Waals surface area contributed by atoms with E-state index in [1.807, 2.05) is 28.3 Å². The lowest BCUT2D eigenvalue weighted by molar-refractivity contribution is 0.248. The second kappa shape index (κ2) is 7.83. The molecule has 0 bridgehead atoms. The number of nitrogens with one attached hydrogen (secondary N) is 2. The monoisotopic (exact) mass is 306 g/mol. The quantitative estimate of drug-likeness (QED) is 0.811. The molecule has 5 nitrogen and oxygen atoms in total. The van der Waals surface area contributed by atoms with Crippen LogP contribution < -0.4 is 10.6 Å². The maximum atomic E-state index is 12.1. The highest BCUT2D eigenvalue weighted by Gasteiger charge is 2.14. The molecule has 0 saturated heterocycles. The van der Waals surface area contributed by atoms with Crippen molar-refractivity contribution in [1.29, 1.82) is 0 Å². The van der Waals surface area contributed by atoms with E-state index in [4.69, 9.17) is 0 Å². The Hall–Kier alpha value is -1.82. The molecule has 2 amide bonds. The maximum Gasteiger partial charge on any atom is 0.320 e. The average molecular weight is 306 g/mol. The van der Waals surface area contributed by atoms with Crippen LogP contribution >= 0.6 is 11.3 Å². The molecule has 6 heteroatoms. The van der Waals surface area contributed by atoms with Gasteiger partial charge in [0.15, 0.2) is 0 Å². The molecule has 0 aliphatic carbocycles. The zero-order chi connectivity index (χ0) is 15.1. The smallest absolute Gasteiger partial charge is 0.320 e. The molecule has 0 radical (unpaired) electrons. The molecular formula is C15H22N4OS. The molecule has 0 spiro atoms. The van der Waals surface area contributed by atoms with E-state index in [2.05, 4.69) is 29.6 Å². The van der Waals surface area contributed by atoms with Gasteiger partial charge in [-0.2, -0.15) is 5.10 Å². The van der Waals surface area contributed by atoms with Gasteiger partial charge in [-0.3, -0.25) is 5.32 Å². The van der Waals surface area contributed by atoms with Crippen LogP contribution in [0.1, 0.15) is 44.0 Å². The molecule has 0 saturated carbocycles. The molecule has 2 rings (SSSR count). The highest BCUT2D eigenvalue weighted by Crippen LogP contribution is 2.21. The number of aryl methyl sites for hydroxylation is 1. The van der Waals surface area contributed by atoms with Crippen LogP contribution in [0.2, 0.25) is 0 Å². The standard InChI is InChI=1S/C15H22N4OS/c1-3-5-10-19-14(8-9-16-19)18-15(20)17-12(4-2)13-7-6-11-21-13/h6-9,11-12H,3-5,10H2,1-2H3,(H2,17,18,20)/t12-/m1/s1. The van der Waals surface area contributed by atoms with Crippen molar-refractivity contribution in [3.63, 3.8) is 0 Å². The average Bonchev–Trinajstić information content (AvgIpc) is 3.14. The normalized spacial score (nSPS) is 12.1. The molecule has 0 aliphatic rings. The van der Waals surface area contributed by atoms with Gasteiger partial charge in [0.1, 0.15) is 5.82 Å². The van der Waals surface area contributed by atoms with Gasteiger partial charge in [-0.25, -0.2) is 9.48 Å². The number of anilines is 1. The highest BCUT2D eigenvalue weighted by molar-refractivity contribution is 7.10. The van der Waals surface area contributed by atoms with E-state index in [-0.39, 0.29) is 12.1 Å². The minimum Gasteiger partial charge on any atom is -0.330 e. The first kappa shape index (κ1) is 15.6. The predicted molar refractivity (Wildman–Crippen MR) is 86.6 cm³/mol. The lowest BCUT2D eigenvalue weighted by Crippen LogP contribution is -2.32. The van der Waals surface area contributed by atoms with E-state index in [1.165, 1.54) is 4.88 Å². The summed E-state index contributed by atoms with van der Waals surface area (Å²) in [4.78, 5) is 13.3. The summed E-state index contributed by atoms with van der Waals surface area (Å²) in [5.41, 5.74) is 0. The Balaban J connectivity index is 1.93. The minimum atomic E-state index is -0.187. The number of hydrogen-bond donors (Lipinski definition) is 2. The van der Waals surface area contributed by atoms with Crippen molar-refractivity contribution in [3.8, 4) is 0 Å². The number of unbranched alkanes of at least 4 members (excludes halogenated alkanes) is 1. The van der Waals surface area contributed by atoms with E-state index in [0.717, 1.165) is 31.6 Å². The summed E-state index contributed by atoms with van der Waals surface area (Å²) < 4.78 is 1.83. The topological polar surface area (TPSA) is 59.0 Å². The molecule has 0 fully saturated rings. The summed E-state index contributed by atoms with van der Waals surface area (Å²) in [5.74, 6) is 0.738. The van der Waals surface area contributed by atoms with Gasteiger partial charge in [0.05, 0.1) is 12.2 Å². The molecule has 2 aromatic rings. The van der Waals surface area contributed by atoms with Crippen molar-refractivity contribution in [2.45, 2.75) is 45.7 Å². The Bertz CT molecular complexity index is 550. The summed E-state index contributed by atoms with van der Waals surface area (Å²) in [6.45, 7) is 5.02. The fourth-order valence-corrected chi connectivity index (χ4v) is 2.96. The summed E-state index contributed by atoms with van der Waals surface area (Å²) in [6.07, 6.45) is 4.72. The number of carbonyl (C=O) groups is 1. The van der Waals surface area contributed by atoms with Crippen molar-refractivity contribution in [3.05, 3.63) is 34.7 Å². The molecule has 114 valence electrons. The Morgan fingerprint density at radius 1 is 1.43 bits per heavy atom. The van der Waals surface area contributed by atoms with E-state index in [0.29, 0.717) is 0 Å². The summed E-state index contributed by atoms with van der Waals surface area (Å²) in [7, 11) is 0. The van der Waals surface area contributed by atoms with Gasteiger partial charge in [0.25, 0.3) is 0 Å². The van der Waals surface area contributed by atoms with Crippen molar-refractivity contribution >= 4 is 23.2 Å². The zero-order valence-corrected chi connectivity index (χ0v) is 13.3. The van der Waals surface area contributed by atoms with Gasteiger partial charge in [0, 0.05) is 17.5 Å². The first-order chi connectivity index (χ1) is 10.2. The number of carbonyl (C=O) groups excluding carboxylic acids is 1. The van der Waals surface area contributed by atoms with Crippen LogP contribution in [-0.4, -0.2) is 15.8 Å². The number of aromatic nitrogens is 2. The molecule has 0 aromatic carbocycles. The molecule has 2 N–H and O–H groups in total. The minimum absolute atomic E-state index is 0.0528. The van der Waals surface area contributed by atoms with Crippen LogP contribution in [0.15, 0.2) is 29.8 Å². The molecule has 0 aliphatic heterocycles. The van der Waals surface area contributed by atoms with Crippen LogP contribution in [0.4, 0.5) is 10.6 Å². The van der Waals surface area contributed by atoms with Crippen molar-refractivity contribution in [2.24, 2.45) is 0 Å². The fraction of sp³-hybridized carbons (Fsp3) is 0.467. The lowest BCUT2D eigenvalue weighted by Gasteiger charge is -2.16. The molecule has 2 aromatic heterocycles. The molecular weight excluding hydrogens is 284 g/mol. The first-order valence-electron chi connectivity index (χ1n) is 7.37. The van der Waals surface area contributed by atoms with Crippen LogP contribution in [0, 0.1) is 0 Å². The fourth-order valence-electron chi connectivity index (χ4n) is 2.10. The van der Waals surface area contributed by atoms with Gasteiger partial charge < -0.3 is 5.32 Å². The molecule has 1 atom stereocenters. The summed E-state index contributed by atoms with van der Waals surface area (Å²) >= 11 is 1.66. The Kier molecular flexibility index (Phi) is 5.80. The number of thiophene rings is 1. The Morgan fingerprint density at radius 3 is 2.95 bits per heavy atom. The maximum absolute atomic E-state index is 12.1. The van der Waals surface area contributed by atoms with Gasteiger partial charge in [0.2, 0.25) is 0 Å². The van der Waals surface area contributed by atoms with Crippen molar-refractivity contribution < 1.29 is 4.79 Å². The number of amides is 2. The third-order valence-corrected chi connectivity index (χ3v) is 4.27. The van der Waals surface area contributed by atoms with Gasteiger partial charge >= 0.3 is 6.03 Å². The van der Waals surface area contributed by atoms with Gasteiger partial charge in [-0.15, -0.1) is 11.3 Å². The van der Waals surface area contributed by atoms with E-state index in [1.54, 1.807) is 17.5 Å². The van der Waals surface area contributed by atoms with E-state index < -0.39 is 0 Å². The third kappa shape index (κ3) is 4.32. The summed E-state index contributed by atoms with van der Waals surface area (Å²) in [5, 5.41) is 12.1. The lowest BCUT2D eigenvalue weighted by atomic mass is 10.2. The number of nitrogens with zero attached hydrogens (tertiary/aromatic N) is 2. The van der Waals surface area contributed by atoms with Gasteiger partial charge in [-0.05, 0) is 24.3 Å². The van der Waals surface area contributed by atoms with Gasteiger partial charge in [-0.1, -0.05) is 26.3 Å². The summed E-state index contributed by atoms with van der Waals surface area (Å²) in [6, 6.07) is 5.74. The molecule has 21 heavy (non-hydrogen) atoms. The van der Waals surface area contributed by atoms with Crippen molar-refractivity contribution in [1.82, 2.24) is 15.1 Å². The highest BCUT2D eigenvalue weighted by atomic mass is 32.1. The largest absolute Gasteiger partial charge is 0.330 e. The second-order valence-electron chi connectivity index (χ2n) is 4.87. The van der Waals surface area contributed by atoms with Crippen LogP contribution in [0.5, 0.6) is 0 Å². The first-order valence-corrected chi connectivity index (χ1v) is 8.25. The predicted octanol–water partition coefficient (Wildman–Crippen LogP) is 4.02. The SMILES string of the molecule is CCCCn1nccc1NC(=O)N[C@H](CC)c1cccs1. The van der Waals surface area contributed by atoms with E-state index in [9.17, 15) is 4.79 Å². The number of rotatable bonds is 7. The number of hydrogen-bond acceptors (Lipinski definition) is 3. The van der Waals surface area contributed by atoms with Crippen LogP contribution in [-0.2, 0) is 6.54 Å². The zero-order valence-electron chi connectivity index (χ0n) is 12.5. The molecule has 0 unspecified atom stereocenters. The Morgan fingerprint density at radius 2 is 2.29 bits per heavy atom. The van der Waals surface area contributed by atoms with Crippen LogP contribution in [0.3, 0.4) is 0 Å². The van der Waals surface area contributed by atoms with Crippen LogP contribution in [0.25, 0.3) is 0 Å². The third-order valence-electron chi connectivity index (χ3n) is 3.28.